The van der Waals surface area contributed by atoms with Gasteiger partial charge in [-0.15, -0.1) is 0 Å². The quantitative estimate of drug-likeness (QED) is 0.638. The van der Waals surface area contributed by atoms with Gasteiger partial charge in [0.25, 0.3) is 5.67 Å². The highest BCUT2D eigenvalue weighted by atomic mass is 19.1. The molecule has 0 radical (unpaired) electrons. The first-order valence-corrected chi connectivity index (χ1v) is 7.67. The molecule has 0 heterocycles. The Morgan fingerprint density at radius 2 is 1.92 bits per heavy atom. The fourth-order valence-corrected chi connectivity index (χ4v) is 3.15. The van der Waals surface area contributed by atoms with Crippen LogP contribution in [0.4, 0.5) is 4.39 Å². The number of benzene rings is 2. The van der Waals surface area contributed by atoms with E-state index in [0.717, 1.165) is 0 Å². The molecule has 2 aromatic carbocycles. The van der Waals surface area contributed by atoms with E-state index in [1.807, 2.05) is 0 Å². The van der Waals surface area contributed by atoms with Crippen molar-refractivity contribution in [2.75, 3.05) is 13.7 Å². The molecule has 0 saturated heterocycles. The van der Waals surface area contributed by atoms with E-state index in [0.29, 0.717) is 16.9 Å². The van der Waals surface area contributed by atoms with Crippen LogP contribution in [0.5, 0.6) is 5.75 Å². The molecule has 0 unspecified atom stereocenters. The second-order valence-corrected chi connectivity index (χ2v) is 5.56. The van der Waals surface area contributed by atoms with Crippen molar-refractivity contribution < 1.29 is 23.5 Å². The monoisotopic (exact) mass is 328 g/mol. The standard InChI is InChI=1S/C19H17FO4/c1-3-24-18(22)19(20)16(12-7-5-4-6-8-12)14-10-9-13(23-2)11-15(14)17(19)21/h4-11,16H,3H2,1-2H3/t16-,19+/m1/s1. The number of Topliss-reactive ketones (excluding diaryl/α,β-unsaturated/α-hetero) is 1. The SMILES string of the molecule is CCOC(=O)[C@@]1(F)C(=O)c2cc(OC)ccc2[C@H]1c1ccccc1. The number of hydrogen-bond acceptors (Lipinski definition) is 4. The highest BCUT2D eigenvalue weighted by Gasteiger charge is 2.61. The molecule has 5 heteroatoms. The molecule has 124 valence electrons. The number of methoxy groups -OCH3 is 1. The summed E-state index contributed by atoms with van der Waals surface area (Å²) in [5.41, 5.74) is -1.61. The zero-order chi connectivity index (χ0) is 17.3. The van der Waals surface area contributed by atoms with Gasteiger partial charge in [0.05, 0.1) is 19.6 Å². The maximum Gasteiger partial charge on any atom is 0.353 e. The van der Waals surface area contributed by atoms with Crippen LogP contribution in [0.25, 0.3) is 0 Å². The molecule has 0 aromatic heterocycles. The summed E-state index contributed by atoms with van der Waals surface area (Å²) >= 11 is 0. The lowest BCUT2D eigenvalue weighted by atomic mass is 9.83. The Bertz CT molecular complexity index is 787. The average Bonchev–Trinajstić information content (AvgIpc) is 2.84. The van der Waals surface area contributed by atoms with Gasteiger partial charge in [-0.3, -0.25) is 4.79 Å². The molecular weight excluding hydrogens is 311 g/mol. The van der Waals surface area contributed by atoms with Gasteiger partial charge < -0.3 is 9.47 Å². The van der Waals surface area contributed by atoms with Crippen LogP contribution in [0.2, 0.25) is 0 Å². The molecule has 0 fully saturated rings. The van der Waals surface area contributed by atoms with Crippen LogP contribution in [-0.4, -0.2) is 31.1 Å². The summed E-state index contributed by atoms with van der Waals surface area (Å²) in [5.74, 6) is -2.64. The van der Waals surface area contributed by atoms with E-state index in [1.165, 1.54) is 13.2 Å². The zero-order valence-corrected chi connectivity index (χ0v) is 13.4. The fraction of sp³-hybridized carbons (Fsp3) is 0.263. The lowest BCUT2D eigenvalue weighted by molar-refractivity contribution is -0.154. The minimum absolute atomic E-state index is 0.00103. The molecule has 1 aliphatic rings. The minimum Gasteiger partial charge on any atom is -0.497 e. The normalized spacial score (nSPS) is 22.1. The molecule has 0 bridgehead atoms. The van der Waals surface area contributed by atoms with Crippen LogP contribution in [-0.2, 0) is 9.53 Å². The maximum absolute atomic E-state index is 15.8. The maximum atomic E-state index is 15.8. The molecular formula is C19H17FO4. The summed E-state index contributed by atoms with van der Waals surface area (Å²) in [7, 11) is 1.46. The smallest absolute Gasteiger partial charge is 0.353 e. The Morgan fingerprint density at radius 3 is 2.54 bits per heavy atom. The summed E-state index contributed by atoms with van der Waals surface area (Å²) in [4.78, 5) is 25.1. The summed E-state index contributed by atoms with van der Waals surface area (Å²) in [6, 6.07) is 13.4. The van der Waals surface area contributed by atoms with Gasteiger partial charge in [-0.2, -0.15) is 0 Å². The molecule has 4 nitrogen and oxygen atoms in total. The van der Waals surface area contributed by atoms with E-state index in [4.69, 9.17) is 9.47 Å². The second-order valence-electron chi connectivity index (χ2n) is 5.56. The third-order valence-electron chi connectivity index (χ3n) is 4.25. The first-order valence-electron chi connectivity index (χ1n) is 7.67. The summed E-state index contributed by atoms with van der Waals surface area (Å²) in [5, 5.41) is 0. The third kappa shape index (κ3) is 2.28. The number of carbonyl (C=O) groups excluding carboxylic acids is 2. The number of ketones is 1. The first kappa shape index (κ1) is 16.2. The molecule has 1 aliphatic carbocycles. The predicted octanol–water partition coefficient (Wildman–Crippen LogP) is 3.29. The molecule has 0 saturated carbocycles. The first-order chi connectivity index (χ1) is 11.5. The number of carbonyl (C=O) groups is 2. The molecule has 2 atom stereocenters. The lowest BCUT2D eigenvalue weighted by Gasteiger charge is -2.24. The topological polar surface area (TPSA) is 52.6 Å². The number of rotatable bonds is 4. The van der Waals surface area contributed by atoms with E-state index < -0.39 is 23.3 Å². The summed E-state index contributed by atoms with van der Waals surface area (Å²) in [6.45, 7) is 1.58. The number of hydrogen-bond donors (Lipinski definition) is 0. The van der Waals surface area contributed by atoms with Gasteiger partial charge in [-0.1, -0.05) is 36.4 Å². The van der Waals surface area contributed by atoms with Crippen molar-refractivity contribution in [1.82, 2.24) is 0 Å². The highest BCUT2D eigenvalue weighted by molar-refractivity contribution is 6.20. The van der Waals surface area contributed by atoms with E-state index in [-0.39, 0.29) is 12.2 Å². The van der Waals surface area contributed by atoms with Gasteiger partial charge in [0.2, 0.25) is 5.78 Å². The zero-order valence-electron chi connectivity index (χ0n) is 13.4. The highest BCUT2D eigenvalue weighted by Crippen LogP contribution is 2.48. The number of fused-ring (bicyclic) bond motifs is 1. The van der Waals surface area contributed by atoms with E-state index >= 15 is 4.39 Å². The van der Waals surface area contributed by atoms with E-state index in [1.54, 1.807) is 49.4 Å². The van der Waals surface area contributed by atoms with Crippen molar-refractivity contribution >= 4 is 11.8 Å². The van der Waals surface area contributed by atoms with Crippen molar-refractivity contribution in [2.24, 2.45) is 0 Å². The number of alkyl halides is 1. The van der Waals surface area contributed by atoms with Gasteiger partial charge >= 0.3 is 5.97 Å². The predicted molar refractivity (Wildman–Crippen MR) is 86.1 cm³/mol. The Balaban J connectivity index is 2.21. The third-order valence-corrected chi connectivity index (χ3v) is 4.25. The van der Waals surface area contributed by atoms with E-state index in [9.17, 15) is 9.59 Å². The van der Waals surface area contributed by atoms with Crippen molar-refractivity contribution in [1.29, 1.82) is 0 Å². The van der Waals surface area contributed by atoms with Gasteiger partial charge in [-0.05, 0) is 30.2 Å². The molecule has 0 aliphatic heterocycles. The molecule has 0 N–H and O–H groups in total. The Morgan fingerprint density at radius 1 is 1.21 bits per heavy atom. The van der Waals surface area contributed by atoms with Crippen molar-refractivity contribution in [3.05, 3.63) is 65.2 Å². The van der Waals surface area contributed by atoms with Gasteiger partial charge in [0.15, 0.2) is 0 Å². The van der Waals surface area contributed by atoms with Crippen molar-refractivity contribution in [3.63, 3.8) is 0 Å². The number of ether oxygens (including phenoxy) is 2. The van der Waals surface area contributed by atoms with Crippen molar-refractivity contribution in [3.8, 4) is 5.75 Å². The molecule has 3 rings (SSSR count). The average molecular weight is 328 g/mol. The van der Waals surface area contributed by atoms with Crippen LogP contribution < -0.4 is 4.74 Å². The molecule has 24 heavy (non-hydrogen) atoms. The van der Waals surface area contributed by atoms with Crippen LogP contribution in [0, 0.1) is 0 Å². The fourth-order valence-electron chi connectivity index (χ4n) is 3.15. The molecule has 0 amide bonds. The van der Waals surface area contributed by atoms with Crippen LogP contribution in [0.15, 0.2) is 48.5 Å². The Kier molecular flexibility index (Phi) is 4.09. The van der Waals surface area contributed by atoms with Crippen molar-refractivity contribution in [2.45, 2.75) is 18.5 Å². The lowest BCUT2D eigenvalue weighted by Crippen LogP contribution is -2.44. The van der Waals surface area contributed by atoms with E-state index in [2.05, 4.69) is 0 Å². The van der Waals surface area contributed by atoms with Gasteiger partial charge in [0, 0.05) is 5.56 Å². The van der Waals surface area contributed by atoms with Gasteiger partial charge in [-0.25, -0.2) is 9.18 Å². The second kappa shape index (κ2) is 6.07. The Labute approximate surface area is 139 Å². The largest absolute Gasteiger partial charge is 0.497 e. The van der Waals surface area contributed by atoms with Crippen LogP contribution >= 0.6 is 0 Å². The summed E-state index contributed by atoms with van der Waals surface area (Å²) in [6.07, 6.45) is 0. The van der Waals surface area contributed by atoms with Crippen LogP contribution in [0.1, 0.15) is 34.3 Å². The molecule has 2 aromatic rings. The molecule has 0 spiro atoms. The Hall–Kier alpha value is -2.69. The van der Waals surface area contributed by atoms with Gasteiger partial charge in [0.1, 0.15) is 5.75 Å². The minimum atomic E-state index is -2.77. The summed E-state index contributed by atoms with van der Waals surface area (Å²) < 4.78 is 25.8. The number of esters is 1. The number of halogens is 1. The van der Waals surface area contributed by atoms with Crippen LogP contribution in [0.3, 0.4) is 0 Å².